The summed E-state index contributed by atoms with van der Waals surface area (Å²) < 4.78 is 40.8. The number of anilines is 2. The molecular weight excluding hydrogens is 438 g/mol. The first kappa shape index (κ1) is 20.5. The summed E-state index contributed by atoms with van der Waals surface area (Å²) in [5, 5.41) is 2.66. The van der Waals surface area contributed by atoms with Crippen LogP contribution in [0.15, 0.2) is 53.3 Å². The Hall–Kier alpha value is -2.22. The van der Waals surface area contributed by atoms with E-state index in [1.807, 2.05) is 0 Å². The van der Waals surface area contributed by atoms with E-state index in [1.165, 1.54) is 0 Å². The molecule has 3 aromatic rings. The van der Waals surface area contributed by atoms with Crippen LogP contribution in [0.1, 0.15) is 11.3 Å². The molecule has 0 bridgehead atoms. The number of hydrogen-bond donors (Lipinski definition) is 1. The van der Waals surface area contributed by atoms with Crippen molar-refractivity contribution < 1.29 is 13.2 Å². The van der Waals surface area contributed by atoms with E-state index in [2.05, 4.69) is 10.3 Å². The number of halogens is 6. The molecule has 1 N–H and O–H groups in total. The highest BCUT2D eigenvalue weighted by Gasteiger charge is 2.38. The van der Waals surface area contributed by atoms with E-state index in [1.54, 1.807) is 48.5 Å². The summed E-state index contributed by atoms with van der Waals surface area (Å²) >= 11 is 17.4. The Morgan fingerprint density at radius 1 is 0.929 bits per heavy atom. The number of hydrogen-bond acceptors (Lipinski definition) is 3. The van der Waals surface area contributed by atoms with E-state index in [-0.39, 0.29) is 12.5 Å². The van der Waals surface area contributed by atoms with Crippen molar-refractivity contribution in [2.45, 2.75) is 12.7 Å². The van der Waals surface area contributed by atoms with E-state index in [0.29, 0.717) is 21.3 Å². The zero-order valence-electron chi connectivity index (χ0n) is 13.9. The minimum atomic E-state index is -4.88. The normalized spacial score (nSPS) is 11.5. The van der Waals surface area contributed by atoms with Gasteiger partial charge in [-0.2, -0.15) is 13.2 Å². The predicted octanol–water partition coefficient (Wildman–Crippen LogP) is 6.01. The molecule has 0 amide bonds. The van der Waals surface area contributed by atoms with E-state index in [0.717, 1.165) is 4.57 Å². The highest BCUT2D eigenvalue weighted by molar-refractivity contribution is 6.31. The molecule has 0 atom stereocenters. The number of aromatic nitrogens is 2. The fourth-order valence-electron chi connectivity index (χ4n) is 2.40. The zero-order chi connectivity index (χ0) is 20.5. The summed E-state index contributed by atoms with van der Waals surface area (Å²) in [6.45, 7) is -0.0587. The molecule has 28 heavy (non-hydrogen) atoms. The SMILES string of the molecule is O=c1c(Cl)c(C(F)(F)F)nc(Nc2ccc(Cl)cc2)n1Cc1ccc(Cl)cc1. The van der Waals surface area contributed by atoms with Crippen molar-refractivity contribution in [2.75, 3.05) is 5.32 Å². The van der Waals surface area contributed by atoms with E-state index < -0.39 is 22.5 Å². The van der Waals surface area contributed by atoms with Gasteiger partial charge in [0.25, 0.3) is 5.56 Å². The van der Waals surface area contributed by atoms with Gasteiger partial charge in [0.1, 0.15) is 5.02 Å². The molecule has 10 heteroatoms. The van der Waals surface area contributed by atoms with Crippen LogP contribution in [0.25, 0.3) is 0 Å². The molecule has 0 aliphatic rings. The van der Waals surface area contributed by atoms with Gasteiger partial charge in [-0.15, -0.1) is 0 Å². The zero-order valence-corrected chi connectivity index (χ0v) is 16.2. The lowest BCUT2D eigenvalue weighted by molar-refractivity contribution is -0.141. The molecule has 0 spiro atoms. The van der Waals surface area contributed by atoms with Crippen LogP contribution in [-0.4, -0.2) is 9.55 Å². The van der Waals surface area contributed by atoms with Crippen molar-refractivity contribution in [1.29, 1.82) is 0 Å². The summed E-state index contributed by atoms with van der Waals surface area (Å²) in [5.74, 6) is -0.306. The number of nitrogens with one attached hydrogen (secondary N) is 1. The quantitative estimate of drug-likeness (QED) is 0.531. The number of benzene rings is 2. The van der Waals surface area contributed by atoms with Gasteiger partial charge in [0.2, 0.25) is 5.95 Å². The van der Waals surface area contributed by atoms with Crippen LogP contribution in [0, 0.1) is 0 Å². The molecular formula is C18H11Cl3F3N3O. The molecule has 146 valence electrons. The topological polar surface area (TPSA) is 46.9 Å². The highest BCUT2D eigenvalue weighted by Crippen LogP contribution is 2.33. The summed E-state index contributed by atoms with van der Waals surface area (Å²) in [5.41, 5.74) is -1.45. The maximum absolute atomic E-state index is 13.2. The van der Waals surface area contributed by atoms with Crippen molar-refractivity contribution in [3.8, 4) is 0 Å². The predicted molar refractivity (Wildman–Crippen MR) is 104 cm³/mol. The molecule has 0 aliphatic heterocycles. The Morgan fingerprint density at radius 2 is 1.46 bits per heavy atom. The van der Waals surface area contributed by atoms with Gasteiger partial charge in [0.15, 0.2) is 5.69 Å². The van der Waals surface area contributed by atoms with Crippen LogP contribution in [0.2, 0.25) is 15.1 Å². The number of alkyl halides is 3. The molecule has 0 saturated carbocycles. The highest BCUT2D eigenvalue weighted by atomic mass is 35.5. The van der Waals surface area contributed by atoms with E-state index in [9.17, 15) is 18.0 Å². The number of rotatable bonds is 4. The maximum atomic E-state index is 13.2. The fourth-order valence-corrected chi connectivity index (χ4v) is 2.90. The Kier molecular flexibility index (Phi) is 5.88. The summed E-state index contributed by atoms with van der Waals surface area (Å²) in [6, 6.07) is 12.7. The summed E-state index contributed by atoms with van der Waals surface area (Å²) in [7, 11) is 0. The molecule has 1 aromatic heterocycles. The molecule has 0 aliphatic carbocycles. The molecule has 0 unspecified atom stereocenters. The fraction of sp³-hybridized carbons (Fsp3) is 0.111. The lowest BCUT2D eigenvalue weighted by Gasteiger charge is -2.17. The Morgan fingerprint density at radius 3 is 2.00 bits per heavy atom. The Labute approximate surface area is 172 Å². The summed E-state index contributed by atoms with van der Waals surface area (Å²) in [6.07, 6.45) is -4.88. The largest absolute Gasteiger partial charge is 0.435 e. The van der Waals surface area contributed by atoms with Crippen LogP contribution < -0.4 is 10.9 Å². The third-order valence-electron chi connectivity index (χ3n) is 3.74. The Balaban J connectivity index is 2.12. The minimum Gasteiger partial charge on any atom is -0.326 e. The second-order valence-electron chi connectivity index (χ2n) is 5.75. The lowest BCUT2D eigenvalue weighted by atomic mass is 10.2. The van der Waals surface area contributed by atoms with Gasteiger partial charge in [-0.1, -0.05) is 46.9 Å². The minimum absolute atomic E-state index is 0.0587. The van der Waals surface area contributed by atoms with Crippen molar-refractivity contribution in [3.05, 3.63) is 85.2 Å². The average molecular weight is 449 g/mol. The maximum Gasteiger partial charge on any atom is 0.435 e. The molecule has 1 heterocycles. The van der Waals surface area contributed by atoms with Gasteiger partial charge in [-0.25, -0.2) is 4.98 Å². The first-order valence-electron chi connectivity index (χ1n) is 7.79. The van der Waals surface area contributed by atoms with Gasteiger partial charge in [0, 0.05) is 15.7 Å². The lowest BCUT2D eigenvalue weighted by Crippen LogP contribution is -2.29. The van der Waals surface area contributed by atoms with E-state index in [4.69, 9.17) is 34.8 Å². The smallest absolute Gasteiger partial charge is 0.326 e. The van der Waals surface area contributed by atoms with Crippen molar-refractivity contribution in [1.82, 2.24) is 9.55 Å². The Bertz CT molecular complexity index is 1050. The van der Waals surface area contributed by atoms with Gasteiger partial charge < -0.3 is 5.32 Å². The monoisotopic (exact) mass is 447 g/mol. The van der Waals surface area contributed by atoms with Crippen molar-refractivity contribution >= 4 is 46.4 Å². The van der Waals surface area contributed by atoms with Gasteiger partial charge >= 0.3 is 6.18 Å². The average Bonchev–Trinajstić information content (AvgIpc) is 2.63. The van der Waals surface area contributed by atoms with Crippen LogP contribution in [0.5, 0.6) is 0 Å². The second-order valence-corrected chi connectivity index (χ2v) is 7.00. The molecule has 4 nitrogen and oxygen atoms in total. The van der Waals surface area contributed by atoms with Crippen LogP contribution in [-0.2, 0) is 12.7 Å². The van der Waals surface area contributed by atoms with Gasteiger partial charge in [-0.05, 0) is 42.0 Å². The molecule has 0 fully saturated rings. The molecule has 0 radical (unpaired) electrons. The number of nitrogens with zero attached hydrogens (tertiary/aromatic N) is 2. The van der Waals surface area contributed by atoms with Crippen LogP contribution in [0.3, 0.4) is 0 Å². The van der Waals surface area contributed by atoms with Crippen LogP contribution in [0.4, 0.5) is 24.8 Å². The molecule has 3 rings (SSSR count). The first-order valence-corrected chi connectivity index (χ1v) is 8.93. The second kappa shape index (κ2) is 8.03. The van der Waals surface area contributed by atoms with Crippen molar-refractivity contribution in [3.63, 3.8) is 0 Å². The molecule has 0 saturated heterocycles. The third-order valence-corrected chi connectivity index (χ3v) is 4.58. The summed E-state index contributed by atoms with van der Waals surface area (Å²) in [4.78, 5) is 16.1. The van der Waals surface area contributed by atoms with Crippen LogP contribution >= 0.6 is 34.8 Å². The third kappa shape index (κ3) is 4.60. The first-order chi connectivity index (χ1) is 13.1. The standard InChI is InChI=1S/C18H11Cl3F3N3O/c19-11-3-1-10(2-4-11)9-27-16(28)14(21)15(18(22,23)24)26-17(27)25-13-7-5-12(20)6-8-13/h1-8H,9H2,(H,25,26). The molecule has 2 aromatic carbocycles. The van der Waals surface area contributed by atoms with Gasteiger partial charge in [-0.3, -0.25) is 9.36 Å². The van der Waals surface area contributed by atoms with Crippen molar-refractivity contribution in [2.24, 2.45) is 0 Å². The van der Waals surface area contributed by atoms with Gasteiger partial charge in [0.05, 0.1) is 6.54 Å². The van der Waals surface area contributed by atoms with E-state index >= 15 is 0 Å².